The summed E-state index contributed by atoms with van der Waals surface area (Å²) in [5, 5.41) is 15.6. The molecule has 0 amide bonds. The molecule has 1 aromatic carbocycles. The maximum Gasteiger partial charge on any atom is 0.176 e. The summed E-state index contributed by atoms with van der Waals surface area (Å²) in [5.74, 6) is 0.749. The van der Waals surface area contributed by atoms with Crippen LogP contribution >= 0.6 is 15.9 Å². The molecule has 0 saturated carbocycles. The van der Waals surface area contributed by atoms with Gasteiger partial charge in [0.1, 0.15) is 0 Å². The van der Waals surface area contributed by atoms with Gasteiger partial charge in [-0.15, -0.1) is 10.2 Å². The topological polar surface area (TPSA) is 55.6 Å². The van der Waals surface area contributed by atoms with Gasteiger partial charge in [0, 0.05) is 16.9 Å². The maximum atomic E-state index is 4.23. The van der Waals surface area contributed by atoms with Crippen molar-refractivity contribution in [1.82, 2.24) is 25.5 Å². The quantitative estimate of drug-likeness (QED) is 0.916. The van der Waals surface area contributed by atoms with E-state index in [1.165, 1.54) is 10.4 Å². The average molecular weight is 310 g/mol. The van der Waals surface area contributed by atoms with E-state index < -0.39 is 0 Å². The Morgan fingerprint density at radius 1 is 1.39 bits per heavy atom. The van der Waals surface area contributed by atoms with E-state index in [9.17, 15) is 0 Å². The van der Waals surface area contributed by atoms with Crippen molar-refractivity contribution in [3.8, 4) is 0 Å². The summed E-state index contributed by atoms with van der Waals surface area (Å²) in [7, 11) is 1.77. The fourth-order valence-corrected chi connectivity index (χ4v) is 2.44. The summed E-state index contributed by atoms with van der Waals surface area (Å²) < 4.78 is 1.10. The number of aryl methyl sites for hydroxylation is 1. The Hall–Kier alpha value is -1.27. The minimum Gasteiger partial charge on any atom is -0.310 e. The Morgan fingerprint density at radius 3 is 2.78 bits per heavy atom. The van der Waals surface area contributed by atoms with Gasteiger partial charge < -0.3 is 5.32 Å². The third kappa shape index (κ3) is 3.14. The molecule has 0 radical (unpaired) electrons. The molecule has 5 nitrogen and oxygen atoms in total. The van der Waals surface area contributed by atoms with Crippen LogP contribution in [0.15, 0.2) is 28.7 Å². The predicted molar refractivity (Wildman–Crippen MR) is 73.1 cm³/mol. The highest BCUT2D eigenvalue weighted by Gasteiger charge is 2.16. The normalized spacial score (nSPS) is 12.6. The second-order valence-corrected chi connectivity index (χ2v) is 4.89. The van der Waals surface area contributed by atoms with Crippen LogP contribution in [0.4, 0.5) is 0 Å². The standard InChI is InChI=1S/C12H16BrN5/c1-3-14-11(8-12-15-17-18(2)16-12)9-6-4-5-7-10(9)13/h4-7,11,14H,3,8H2,1-2H3. The minimum atomic E-state index is 0.190. The van der Waals surface area contributed by atoms with Crippen molar-refractivity contribution in [2.45, 2.75) is 19.4 Å². The van der Waals surface area contributed by atoms with E-state index in [0.29, 0.717) is 0 Å². The first-order chi connectivity index (χ1) is 8.70. The third-order valence-corrected chi connectivity index (χ3v) is 3.39. The lowest BCUT2D eigenvalue weighted by molar-refractivity contribution is 0.533. The monoisotopic (exact) mass is 309 g/mol. The van der Waals surface area contributed by atoms with Crippen molar-refractivity contribution in [3.05, 3.63) is 40.1 Å². The summed E-state index contributed by atoms with van der Waals surface area (Å²) in [6.45, 7) is 2.99. The van der Waals surface area contributed by atoms with Crippen molar-refractivity contribution in [1.29, 1.82) is 0 Å². The Kier molecular flexibility index (Phi) is 4.43. The van der Waals surface area contributed by atoms with E-state index in [1.807, 2.05) is 18.2 Å². The first kappa shape index (κ1) is 13.2. The van der Waals surface area contributed by atoms with Crippen LogP contribution in [-0.2, 0) is 13.5 Å². The molecule has 18 heavy (non-hydrogen) atoms. The number of tetrazole rings is 1. The number of nitrogens with one attached hydrogen (secondary N) is 1. The zero-order chi connectivity index (χ0) is 13.0. The van der Waals surface area contributed by atoms with E-state index in [-0.39, 0.29) is 6.04 Å². The van der Waals surface area contributed by atoms with Crippen LogP contribution in [0.3, 0.4) is 0 Å². The molecule has 1 N–H and O–H groups in total. The molecule has 96 valence electrons. The first-order valence-corrected chi connectivity index (χ1v) is 6.70. The highest BCUT2D eigenvalue weighted by Crippen LogP contribution is 2.24. The third-order valence-electron chi connectivity index (χ3n) is 2.67. The van der Waals surface area contributed by atoms with Crippen molar-refractivity contribution in [3.63, 3.8) is 0 Å². The van der Waals surface area contributed by atoms with Gasteiger partial charge in [-0.3, -0.25) is 0 Å². The van der Waals surface area contributed by atoms with Gasteiger partial charge in [-0.05, 0) is 23.4 Å². The number of halogens is 1. The zero-order valence-electron chi connectivity index (χ0n) is 10.5. The molecule has 6 heteroatoms. The van der Waals surface area contributed by atoms with Crippen LogP contribution in [0, 0.1) is 0 Å². The minimum absolute atomic E-state index is 0.190. The molecule has 0 aliphatic rings. The number of aromatic nitrogens is 4. The van der Waals surface area contributed by atoms with Crippen LogP contribution in [0.1, 0.15) is 24.4 Å². The number of rotatable bonds is 5. The van der Waals surface area contributed by atoms with Gasteiger partial charge in [0.15, 0.2) is 5.82 Å². The van der Waals surface area contributed by atoms with Gasteiger partial charge >= 0.3 is 0 Å². The summed E-state index contributed by atoms with van der Waals surface area (Å²) in [5.41, 5.74) is 1.21. The van der Waals surface area contributed by atoms with Crippen LogP contribution in [0.5, 0.6) is 0 Å². The average Bonchev–Trinajstić information content (AvgIpc) is 2.75. The Labute approximate surface area is 115 Å². The second-order valence-electron chi connectivity index (χ2n) is 4.03. The molecular weight excluding hydrogens is 294 g/mol. The molecular formula is C12H16BrN5. The number of hydrogen-bond donors (Lipinski definition) is 1. The highest BCUT2D eigenvalue weighted by molar-refractivity contribution is 9.10. The zero-order valence-corrected chi connectivity index (χ0v) is 12.1. The molecule has 0 saturated heterocycles. The molecule has 1 heterocycles. The van der Waals surface area contributed by atoms with Crippen molar-refractivity contribution in [2.24, 2.45) is 7.05 Å². The molecule has 0 aliphatic carbocycles. The lowest BCUT2D eigenvalue weighted by atomic mass is 10.0. The molecule has 0 bridgehead atoms. The van der Waals surface area contributed by atoms with Gasteiger partial charge in [-0.2, -0.15) is 4.80 Å². The lowest BCUT2D eigenvalue weighted by Crippen LogP contribution is -2.23. The molecule has 1 unspecified atom stereocenters. The van der Waals surface area contributed by atoms with E-state index in [0.717, 1.165) is 23.3 Å². The second kappa shape index (κ2) is 6.06. The lowest BCUT2D eigenvalue weighted by Gasteiger charge is -2.18. The molecule has 0 spiro atoms. The number of hydrogen-bond acceptors (Lipinski definition) is 4. The summed E-state index contributed by atoms with van der Waals surface area (Å²) in [4.78, 5) is 1.48. The Balaban J connectivity index is 2.20. The fraction of sp³-hybridized carbons (Fsp3) is 0.417. The largest absolute Gasteiger partial charge is 0.310 e. The Morgan fingerprint density at radius 2 is 2.17 bits per heavy atom. The van der Waals surface area contributed by atoms with Crippen LogP contribution in [-0.4, -0.2) is 26.8 Å². The number of nitrogens with zero attached hydrogens (tertiary/aromatic N) is 4. The van der Waals surface area contributed by atoms with Crippen LogP contribution in [0.2, 0.25) is 0 Å². The van der Waals surface area contributed by atoms with Crippen molar-refractivity contribution < 1.29 is 0 Å². The smallest absolute Gasteiger partial charge is 0.176 e. The fourth-order valence-electron chi connectivity index (χ4n) is 1.88. The molecule has 0 aliphatic heterocycles. The van der Waals surface area contributed by atoms with Gasteiger partial charge in [0.05, 0.1) is 7.05 Å². The molecule has 2 rings (SSSR count). The molecule has 1 atom stereocenters. The van der Waals surface area contributed by atoms with E-state index >= 15 is 0 Å². The van der Waals surface area contributed by atoms with E-state index in [4.69, 9.17) is 0 Å². The van der Waals surface area contributed by atoms with Gasteiger partial charge in [-0.1, -0.05) is 41.1 Å². The molecule has 1 aromatic heterocycles. The molecule has 2 aromatic rings. The van der Waals surface area contributed by atoms with Crippen molar-refractivity contribution >= 4 is 15.9 Å². The van der Waals surface area contributed by atoms with Gasteiger partial charge in [0.25, 0.3) is 0 Å². The number of benzene rings is 1. The number of likely N-dealkylation sites (N-methyl/N-ethyl adjacent to an activating group) is 1. The Bertz CT molecular complexity index is 511. The van der Waals surface area contributed by atoms with Gasteiger partial charge in [-0.25, -0.2) is 0 Å². The van der Waals surface area contributed by atoms with Gasteiger partial charge in [0.2, 0.25) is 0 Å². The maximum absolute atomic E-state index is 4.23. The van der Waals surface area contributed by atoms with E-state index in [1.54, 1.807) is 7.05 Å². The summed E-state index contributed by atoms with van der Waals surface area (Å²) >= 11 is 3.58. The highest BCUT2D eigenvalue weighted by atomic mass is 79.9. The summed E-state index contributed by atoms with van der Waals surface area (Å²) in [6, 6.07) is 8.39. The van der Waals surface area contributed by atoms with Crippen LogP contribution in [0.25, 0.3) is 0 Å². The van der Waals surface area contributed by atoms with E-state index in [2.05, 4.69) is 49.6 Å². The summed E-state index contributed by atoms with van der Waals surface area (Å²) in [6.07, 6.45) is 0.726. The van der Waals surface area contributed by atoms with Crippen molar-refractivity contribution in [2.75, 3.05) is 6.54 Å². The van der Waals surface area contributed by atoms with Crippen LogP contribution < -0.4 is 5.32 Å². The first-order valence-electron chi connectivity index (χ1n) is 5.91. The SMILES string of the molecule is CCNC(Cc1nnn(C)n1)c1ccccc1Br. The molecule has 0 fully saturated rings. The predicted octanol–water partition coefficient (Wildman–Crippen LogP) is 1.87.